The van der Waals surface area contributed by atoms with Gasteiger partial charge in [-0.05, 0) is 39.0 Å². The van der Waals surface area contributed by atoms with Crippen molar-refractivity contribution < 1.29 is 18.0 Å². The maximum absolute atomic E-state index is 12.7. The van der Waals surface area contributed by atoms with Gasteiger partial charge in [0.15, 0.2) is 0 Å². The number of carbonyl (C=O) groups is 2. The first-order chi connectivity index (χ1) is 13.7. The highest BCUT2D eigenvalue weighted by Gasteiger charge is 2.28. The highest BCUT2D eigenvalue weighted by Crippen LogP contribution is 2.25. The summed E-state index contributed by atoms with van der Waals surface area (Å²) in [5.41, 5.74) is 1.20. The van der Waals surface area contributed by atoms with Crippen LogP contribution in [0.3, 0.4) is 0 Å². The van der Waals surface area contributed by atoms with Gasteiger partial charge < -0.3 is 9.80 Å². The molecular formula is C19H29N5O4S. The van der Waals surface area contributed by atoms with E-state index < -0.39 is 10.0 Å². The van der Waals surface area contributed by atoms with Crippen LogP contribution in [0.15, 0.2) is 6.20 Å². The van der Waals surface area contributed by atoms with Crippen molar-refractivity contribution in [2.75, 3.05) is 39.0 Å². The van der Waals surface area contributed by atoms with Gasteiger partial charge in [-0.15, -0.1) is 0 Å². The summed E-state index contributed by atoms with van der Waals surface area (Å²) in [7, 11) is -3.41. The summed E-state index contributed by atoms with van der Waals surface area (Å²) in [5, 5.41) is 0. The van der Waals surface area contributed by atoms with Crippen LogP contribution in [0.5, 0.6) is 0 Å². The van der Waals surface area contributed by atoms with Crippen molar-refractivity contribution in [1.82, 2.24) is 24.5 Å². The average molecular weight is 424 g/mol. The Labute approximate surface area is 171 Å². The Hall–Kier alpha value is -2.07. The third-order valence-electron chi connectivity index (χ3n) is 5.50. The van der Waals surface area contributed by atoms with E-state index in [1.54, 1.807) is 11.1 Å². The minimum absolute atomic E-state index is 0.0129. The molecule has 1 aromatic rings. The van der Waals surface area contributed by atoms with Crippen molar-refractivity contribution in [2.45, 2.75) is 44.9 Å². The van der Waals surface area contributed by atoms with Gasteiger partial charge in [-0.25, -0.2) is 23.1 Å². The molecular weight excluding hydrogens is 394 g/mol. The fraction of sp³-hybridized carbons (Fsp3) is 0.684. The van der Waals surface area contributed by atoms with E-state index in [1.807, 2.05) is 11.8 Å². The standard InChI is InChI=1S/C19H29N5O4S/c1-14-16(19(26)23-8-4-3-5-9-23)11-20-18(22-14)15-7-6-10-24(13-15)17(25)12-21-29(2,27)28/h11,15,21H,3-10,12-13H2,1-2H3/t15-/m1/s1. The van der Waals surface area contributed by atoms with E-state index in [9.17, 15) is 18.0 Å². The van der Waals surface area contributed by atoms with Crippen LogP contribution in [0.1, 0.15) is 59.9 Å². The van der Waals surface area contributed by atoms with Gasteiger partial charge in [0.2, 0.25) is 15.9 Å². The molecule has 2 amide bonds. The number of nitrogens with one attached hydrogen (secondary N) is 1. The van der Waals surface area contributed by atoms with Crippen molar-refractivity contribution in [1.29, 1.82) is 0 Å². The van der Waals surface area contributed by atoms with Gasteiger partial charge in [-0.1, -0.05) is 0 Å². The molecule has 0 bridgehead atoms. The summed E-state index contributed by atoms with van der Waals surface area (Å²) in [4.78, 5) is 37.6. The second-order valence-electron chi connectivity index (χ2n) is 7.85. The number of amides is 2. The fourth-order valence-corrected chi connectivity index (χ4v) is 4.26. The van der Waals surface area contributed by atoms with E-state index >= 15 is 0 Å². The summed E-state index contributed by atoms with van der Waals surface area (Å²) >= 11 is 0. The Morgan fingerprint density at radius 2 is 1.83 bits per heavy atom. The van der Waals surface area contributed by atoms with E-state index in [0.29, 0.717) is 30.2 Å². The van der Waals surface area contributed by atoms with Crippen molar-refractivity contribution in [3.8, 4) is 0 Å². The lowest BCUT2D eigenvalue weighted by Gasteiger charge is -2.32. The van der Waals surface area contributed by atoms with Gasteiger partial charge in [0.25, 0.3) is 5.91 Å². The molecule has 2 fully saturated rings. The number of aryl methyl sites for hydroxylation is 1. The van der Waals surface area contributed by atoms with Crippen LogP contribution in [0.2, 0.25) is 0 Å². The Morgan fingerprint density at radius 1 is 1.14 bits per heavy atom. The first-order valence-corrected chi connectivity index (χ1v) is 12.0. The minimum atomic E-state index is -3.41. The number of aromatic nitrogens is 2. The number of nitrogens with zero attached hydrogens (tertiary/aromatic N) is 4. The highest BCUT2D eigenvalue weighted by molar-refractivity contribution is 7.88. The number of likely N-dealkylation sites (tertiary alicyclic amines) is 2. The predicted molar refractivity (Wildman–Crippen MR) is 108 cm³/mol. The van der Waals surface area contributed by atoms with Gasteiger partial charge in [0.1, 0.15) is 5.82 Å². The van der Waals surface area contributed by atoms with E-state index in [0.717, 1.165) is 51.4 Å². The molecule has 1 atom stereocenters. The highest BCUT2D eigenvalue weighted by atomic mass is 32.2. The summed E-state index contributed by atoms with van der Waals surface area (Å²) < 4.78 is 24.7. The van der Waals surface area contributed by atoms with Crippen molar-refractivity contribution in [2.24, 2.45) is 0 Å². The van der Waals surface area contributed by atoms with Gasteiger partial charge in [0, 0.05) is 38.3 Å². The molecule has 10 heteroatoms. The zero-order valence-electron chi connectivity index (χ0n) is 17.1. The lowest BCUT2D eigenvalue weighted by molar-refractivity contribution is -0.131. The molecule has 0 aliphatic carbocycles. The molecule has 29 heavy (non-hydrogen) atoms. The first kappa shape index (κ1) is 21.6. The summed E-state index contributed by atoms with van der Waals surface area (Å²) in [6, 6.07) is 0. The normalized spacial score (nSPS) is 20.6. The molecule has 3 heterocycles. The van der Waals surface area contributed by atoms with E-state index in [2.05, 4.69) is 14.7 Å². The molecule has 0 radical (unpaired) electrons. The molecule has 1 aromatic heterocycles. The summed E-state index contributed by atoms with van der Waals surface area (Å²) in [5.74, 6) is 0.338. The molecule has 1 N–H and O–H groups in total. The predicted octanol–water partition coefficient (Wildman–Crippen LogP) is 0.666. The molecule has 0 unspecified atom stereocenters. The van der Waals surface area contributed by atoms with Crippen LogP contribution in [0.4, 0.5) is 0 Å². The number of hydrogen-bond donors (Lipinski definition) is 1. The molecule has 9 nitrogen and oxygen atoms in total. The van der Waals surface area contributed by atoms with Gasteiger partial charge >= 0.3 is 0 Å². The fourth-order valence-electron chi connectivity index (χ4n) is 3.88. The Morgan fingerprint density at radius 3 is 2.48 bits per heavy atom. The van der Waals surface area contributed by atoms with Gasteiger partial charge in [-0.2, -0.15) is 0 Å². The van der Waals surface area contributed by atoms with Crippen molar-refractivity contribution >= 4 is 21.8 Å². The molecule has 2 aliphatic rings. The molecule has 0 aromatic carbocycles. The molecule has 2 aliphatic heterocycles. The maximum Gasteiger partial charge on any atom is 0.257 e. The third kappa shape index (κ3) is 5.72. The Kier molecular flexibility index (Phi) is 6.84. The molecule has 0 spiro atoms. The zero-order valence-corrected chi connectivity index (χ0v) is 17.9. The molecule has 2 saturated heterocycles. The van der Waals surface area contributed by atoms with Crippen LogP contribution in [0.25, 0.3) is 0 Å². The van der Waals surface area contributed by atoms with E-state index in [1.165, 1.54) is 0 Å². The lowest BCUT2D eigenvalue weighted by atomic mass is 9.96. The Bertz CT molecular complexity index is 867. The molecule has 160 valence electrons. The monoisotopic (exact) mass is 423 g/mol. The minimum Gasteiger partial charge on any atom is -0.341 e. The van der Waals surface area contributed by atoms with Crippen LogP contribution < -0.4 is 4.72 Å². The third-order valence-corrected chi connectivity index (χ3v) is 6.17. The van der Waals surface area contributed by atoms with Gasteiger partial charge in [0.05, 0.1) is 24.1 Å². The van der Waals surface area contributed by atoms with Gasteiger partial charge in [-0.3, -0.25) is 9.59 Å². The topological polar surface area (TPSA) is 113 Å². The van der Waals surface area contributed by atoms with Crippen LogP contribution >= 0.6 is 0 Å². The second-order valence-corrected chi connectivity index (χ2v) is 9.69. The van der Waals surface area contributed by atoms with Crippen LogP contribution in [-0.2, 0) is 14.8 Å². The smallest absolute Gasteiger partial charge is 0.257 e. The molecule has 3 rings (SSSR count). The van der Waals surface area contributed by atoms with Crippen LogP contribution in [0, 0.1) is 6.92 Å². The number of rotatable bonds is 5. The van der Waals surface area contributed by atoms with E-state index in [4.69, 9.17) is 0 Å². The lowest BCUT2D eigenvalue weighted by Crippen LogP contribution is -2.44. The number of sulfonamides is 1. The summed E-state index contributed by atoms with van der Waals surface area (Å²) in [6.45, 7) is 4.18. The number of carbonyl (C=O) groups excluding carboxylic acids is 2. The number of piperidine rings is 2. The molecule has 0 saturated carbocycles. The summed E-state index contributed by atoms with van der Waals surface area (Å²) in [6.07, 6.45) is 7.51. The van der Waals surface area contributed by atoms with E-state index in [-0.39, 0.29) is 24.3 Å². The quantitative estimate of drug-likeness (QED) is 0.745. The van der Waals surface area contributed by atoms with Crippen LogP contribution in [-0.4, -0.2) is 79.0 Å². The number of hydrogen-bond acceptors (Lipinski definition) is 6. The van der Waals surface area contributed by atoms with Crippen molar-refractivity contribution in [3.05, 3.63) is 23.3 Å². The second kappa shape index (κ2) is 9.17. The average Bonchev–Trinajstić information content (AvgIpc) is 2.71. The Balaban J connectivity index is 1.66. The van der Waals surface area contributed by atoms with Crippen molar-refractivity contribution in [3.63, 3.8) is 0 Å². The first-order valence-electron chi connectivity index (χ1n) is 10.1. The largest absolute Gasteiger partial charge is 0.341 e. The zero-order chi connectivity index (χ0) is 21.0. The maximum atomic E-state index is 12.7. The SMILES string of the molecule is Cc1nc([C@@H]2CCCN(C(=O)CNS(C)(=O)=O)C2)ncc1C(=O)N1CCCCC1.